The fourth-order valence-electron chi connectivity index (χ4n) is 2.11. The van der Waals surface area contributed by atoms with Crippen molar-refractivity contribution in [2.75, 3.05) is 32.7 Å². The summed E-state index contributed by atoms with van der Waals surface area (Å²) in [4.78, 5) is 13.2. The van der Waals surface area contributed by atoms with Crippen molar-refractivity contribution in [1.29, 1.82) is 0 Å². The molecule has 0 saturated carbocycles. The van der Waals surface area contributed by atoms with E-state index in [1.807, 2.05) is 13.8 Å². The molecule has 2 atom stereocenters. The Morgan fingerprint density at radius 2 is 1.80 bits per heavy atom. The van der Waals surface area contributed by atoms with E-state index in [2.05, 4.69) is 10.6 Å². The second-order valence-corrected chi connectivity index (χ2v) is 5.62. The molecule has 4 nitrogen and oxygen atoms in total. The predicted molar refractivity (Wildman–Crippen MR) is 71.3 cm³/mol. The fourth-order valence-corrected chi connectivity index (χ4v) is 2.11. The summed E-state index contributed by atoms with van der Waals surface area (Å²) in [6, 6.07) is -1.60. The Hall–Kier alpha value is -0.820. The number of carbonyl (C=O) groups excluding carboxylic acids is 1. The first-order valence-electron chi connectivity index (χ1n) is 7.02. The number of amides is 1. The third-order valence-electron chi connectivity index (χ3n) is 3.85. The Bertz CT molecular complexity index is 314. The Balaban J connectivity index is 2.59. The van der Waals surface area contributed by atoms with Gasteiger partial charge in [-0.2, -0.15) is 13.2 Å². The van der Waals surface area contributed by atoms with E-state index in [-0.39, 0.29) is 24.3 Å². The summed E-state index contributed by atoms with van der Waals surface area (Å²) in [5.74, 6) is -0.491. The van der Waals surface area contributed by atoms with Gasteiger partial charge < -0.3 is 10.6 Å². The lowest BCUT2D eigenvalue weighted by atomic mass is 9.97. The van der Waals surface area contributed by atoms with Crippen LogP contribution in [0.1, 0.15) is 20.8 Å². The standard InChI is InChI=1S/C13H24F3N3O/c1-9(2)10(3)12(20)18-8-11(13(14,15)16)19-6-4-17-5-7-19/h9-11,17H,4-8H2,1-3H3,(H,18,20). The van der Waals surface area contributed by atoms with E-state index >= 15 is 0 Å². The first-order valence-corrected chi connectivity index (χ1v) is 7.02. The van der Waals surface area contributed by atoms with Crippen LogP contribution in [0.2, 0.25) is 0 Å². The molecule has 118 valence electrons. The van der Waals surface area contributed by atoms with Crippen LogP contribution in [0.3, 0.4) is 0 Å². The zero-order valence-electron chi connectivity index (χ0n) is 12.3. The second kappa shape index (κ2) is 7.26. The van der Waals surface area contributed by atoms with E-state index in [0.29, 0.717) is 26.2 Å². The molecule has 0 aliphatic carbocycles. The van der Waals surface area contributed by atoms with Crippen LogP contribution in [0.15, 0.2) is 0 Å². The molecule has 1 aliphatic heterocycles. The van der Waals surface area contributed by atoms with Crippen LogP contribution in [-0.2, 0) is 4.79 Å². The Morgan fingerprint density at radius 3 is 2.25 bits per heavy atom. The number of hydrogen-bond donors (Lipinski definition) is 2. The maximum atomic E-state index is 13.1. The lowest BCUT2D eigenvalue weighted by Gasteiger charge is -2.36. The second-order valence-electron chi connectivity index (χ2n) is 5.62. The van der Waals surface area contributed by atoms with E-state index in [9.17, 15) is 18.0 Å². The first-order chi connectivity index (χ1) is 9.23. The van der Waals surface area contributed by atoms with E-state index in [4.69, 9.17) is 0 Å². The minimum absolute atomic E-state index is 0.110. The van der Waals surface area contributed by atoms with Gasteiger partial charge in [0.05, 0.1) is 0 Å². The molecule has 0 radical (unpaired) electrons. The highest BCUT2D eigenvalue weighted by Gasteiger charge is 2.43. The van der Waals surface area contributed by atoms with Gasteiger partial charge in [0.25, 0.3) is 0 Å². The van der Waals surface area contributed by atoms with Gasteiger partial charge in [0, 0.05) is 38.6 Å². The Labute approximate surface area is 118 Å². The molecule has 0 bridgehead atoms. The van der Waals surface area contributed by atoms with Gasteiger partial charge in [0.2, 0.25) is 5.91 Å². The maximum absolute atomic E-state index is 13.1. The van der Waals surface area contributed by atoms with Crippen molar-refractivity contribution in [1.82, 2.24) is 15.5 Å². The summed E-state index contributed by atoms with van der Waals surface area (Å²) in [6.07, 6.45) is -4.33. The summed E-state index contributed by atoms with van der Waals surface area (Å²) in [5, 5.41) is 5.47. The van der Waals surface area contributed by atoms with Crippen LogP contribution in [0.5, 0.6) is 0 Å². The van der Waals surface area contributed by atoms with Crippen LogP contribution in [-0.4, -0.2) is 55.7 Å². The topological polar surface area (TPSA) is 44.4 Å². The molecular formula is C13H24F3N3O. The SMILES string of the molecule is CC(C)C(C)C(=O)NCC(N1CCNCC1)C(F)(F)F. The largest absolute Gasteiger partial charge is 0.405 e. The number of hydrogen-bond acceptors (Lipinski definition) is 3. The average Bonchev–Trinajstić information content (AvgIpc) is 2.37. The third-order valence-corrected chi connectivity index (χ3v) is 3.85. The third kappa shape index (κ3) is 4.94. The highest BCUT2D eigenvalue weighted by Crippen LogP contribution is 2.25. The van der Waals surface area contributed by atoms with Gasteiger partial charge >= 0.3 is 6.18 Å². The molecule has 0 aromatic carbocycles. The number of alkyl halides is 3. The predicted octanol–water partition coefficient (Wildman–Crippen LogP) is 1.23. The zero-order chi connectivity index (χ0) is 15.3. The number of halogens is 3. The summed E-state index contributed by atoms with van der Waals surface area (Å²) in [5.41, 5.74) is 0. The van der Waals surface area contributed by atoms with Crippen molar-refractivity contribution in [3.63, 3.8) is 0 Å². The van der Waals surface area contributed by atoms with Gasteiger partial charge in [0.1, 0.15) is 6.04 Å². The van der Waals surface area contributed by atoms with Crippen molar-refractivity contribution in [3.05, 3.63) is 0 Å². The van der Waals surface area contributed by atoms with E-state index in [1.165, 1.54) is 4.90 Å². The molecular weight excluding hydrogens is 271 g/mol. The van der Waals surface area contributed by atoms with Gasteiger partial charge in [-0.05, 0) is 5.92 Å². The molecule has 20 heavy (non-hydrogen) atoms. The molecule has 0 aromatic heterocycles. The minimum atomic E-state index is -4.33. The Morgan fingerprint density at radius 1 is 1.25 bits per heavy atom. The molecule has 2 unspecified atom stereocenters. The van der Waals surface area contributed by atoms with Gasteiger partial charge in [-0.1, -0.05) is 20.8 Å². The van der Waals surface area contributed by atoms with E-state index in [1.54, 1.807) is 6.92 Å². The van der Waals surface area contributed by atoms with Crippen LogP contribution >= 0.6 is 0 Å². The highest BCUT2D eigenvalue weighted by molar-refractivity contribution is 5.78. The van der Waals surface area contributed by atoms with Crippen LogP contribution in [0.4, 0.5) is 13.2 Å². The van der Waals surface area contributed by atoms with Crippen molar-refractivity contribution < 1.29 is 18.0 Å². The molecule has 1 amide bonds. The molecule has 2 N–H and O–H groups in total. The summed E-state index contributed by atoms with van der Waals surface area (Å²) < 4.78 is 39.3. The summed E-state index contributed by atoms with van der Waals surface area (Å²) in [6.45, 7) is 6.89. The molecule has 1 aliphatic rings. The Kier molecular flexibility index (Phi) is 6.26. The van der Waals surface area contributed by atoms with Crippen LogP contribution in [0.25, 0.3) is 0 Å². The number of piperazine rings is 1. The summed E-state index contributed by atoms with van der Waals surface area (Å²) >= 11 is 0. The van der Waals surface area contributed by atoms with Gasteiger partial charge in [-0.3, -0.25) is 9.69 Å². The van der Waals surface area contributed by atoms with Gasteiger partial charge in [0.15, 0.2) is 0 Å². The molecule has 1 rings (SSSR count). The minimum Gasteiger partial charge on any atom is -0.354 e. The number of rotatable bonds is 5. The lowest BCUT2D eigenvalue weighted by molar-refractivity contribution is -0.184. The average molecular weight is 295 g/mol. The smallest absolute Gasteiger partial charge is 0.354 e. The van der Waals surface area contributed by atoms with Crippen molar-refractivity contribution in [3.8, 4) is 0 Å². The highest BCUT2D eigenvalue weighted by atomic mass is 19.4. The summed E-state index contributed by atoms with van der Waals surface area (Å²) in [7, 11) is 0. The molecule has 1 heterocycles. The molecule has 7 heteroatoms. The van der Waals surface area contributed by atoms with E-state index in [0.717, 1.165) is 0 Å². The molecule has 0 aromatic rings. The van der Waals surface area contributed by atoms with Crippen molar-refractivity contribution in [2.45, 2.75) is 33.0 Å². The van der Waals surface area contributed by atoms with Crippen LogP contribution < -0.4 is 10.6 Å². The number of nitrogens with one attached hydrogen (secondary N) is 2. The lowest BCUT2D eigenvalue weighted by Crippen LogP contribution is -2.57. The molecule has 1 fully saturated rings. The van der Waals surface area contributed by atoms with Gasteiger partial charge in [-0.15, -0.1) is 0 Å². The van der Waals surface area contributed by atoms with Gasteiger partial charge in [-0.25, -0.2) is 0 Å². The number of carbonyl (C=O) groups is 1. The first kappa shape index (κ1) is 17.2. The van der Waals surface area contributed by atoms with Crippen molar-refractivity contribution >= 4 is 5.91 Å². The maximum Gasteiger partial charge on any atom is 0.405 e. The van der Waals surface area contributed by atoms with E-state index < -0.39 is 12.2 Å². The van der Waals surface area contributed by atoms with Crippen LogP contribution in [0, 0.1) is 11.8 Å². The van der Waals surface area contributed by atoms with Crippen molar-refractivity contribution in [2.24, 2.45) is 11.8 Å². The monoisotopic (exact) mass is 295 g/mol. The molecule has 1 saturated heterocycles. The number of nitrogens with zero attached hydrogens (tertiary/aromatic N) is 1. The quantitative estimate of drug-likeness (QED) is 0.802. The fraction of sp³-hybridized carbons (Fsp3) is 0.923. The normalized spacial score (nSPS) is 20.8. The zero-order valence-corrected chi connectivity index (χ0v) is 12.3. The molecule has 0 spiro atoms.